The summed E-state index contributed by atoms with van der Waals surface area (Å²) in [6, 6.07) is 2.81. The molecule has 0 amide bonds. The van der Waals surface area contributed by atoms with Crippen LogP contribution in [-0.2, 0) is 14.8 Å². The van der Waals surface area contributed by atoms with Crippen LogP contribution in [0.2, 0.25) is 0 Å². The van der Waals surface area contributed by atoms with E-state index < -0.39 is 21.4 Å². The van der Waals surface area contributed by atoms with Gasteiger partial charge in [0.25, 0.3) is 5.88 Å². The van der Waals surface area contributed by atoms with Crippen molar-refractivity contribution >= 4 is 10.0 Å². The molecule has 2 atom stereocenters. The van der Waals surface area contributed by atoms with Gasteiger partial charge in [0.05, 0.1) is 17.5 Å². The van der Waals surface area contributed by atoms with E-state index in [1.54, 1.807) is 4.31 Å². The van der Waals surface area contributed by atoms with E-state index >= 15 is 0 Å². The summed E-state index contributed by atoms with van der Waals surface area (Å²) in [6.07, 6.45) is 3.91. The van der Waals surface area contributed by atoms with E-state index in [-0.39, 0.29) is 17.2 Å². The molecule has 1 saturated carbocycles. The third kappa shape index (κ3) is 2.83. The Balaban J connectivity index is 1.41. The smallest absolute Gasteiger partial charge is 0.250 e. The van der Waals surface area contributed by atoms with Crippen LogP contribution in [0.25, 0.3) is 0 Å². The Morgan fingerprint density at radius 2 is 2.26 bits per heavy atom. The van der Waals surface area contributed by atoms with Gasteiger partial charge in [-0.25, -0.2) is 17.8 Å². The monoisotopic (exact) mass is 342 g/mol. The molecule has 126 valence electrons. The highest BCUT2D eigenvalue weighted by atomic mass is 32.2. The van der Waals surface area contributed by atoms with E-state index in [2.05, 4.69) is 4.98 Å². The number of aromatic nitrogens is 1. The molecule has 23 heavy (non-hydrogen) atoms. The fraction of sp³-hybridized carbons (Fsp3) is 0.667. The van der Waals surface area contributed by atoms with Crippen LogP contribution >= 0.6 is 0 Å². The molecule has 1 aromatic rings. The molecule has 2 saturated heterocycles. The fourth-order valence-electron chi connectivity index (χ4n) is 3.38. The lowest BCUT2D eigenvalue weighted by atomic mass is 9.98. The van der Waals surface area contributed by atoms with Gasteiger partial charge in [-0.3, -0.25) is 0 Å². The minimum atomic E-state index is -3.17. The lowest BCUT2D eigenvalue weighted by Gasteiger charge is -2.23. The molecule has 3 heterocycles. The summed E-state index contributed by atoms with van der Waals surface area (Å²) >= 11 is 0. The minimum absolute atomic E-state index is 0.0291. The maximum Gasteiger partial charge on any atom is 0.250 e. The van der Waals surface area contributed by atoms with Gasteiger partial charge < -0.3 is 9.47 Å². The van der Waals surface area contributed by atoms with Crippen molar-refractivity contribution in [3.8, 4) is 5.88 Å². The van der Waals surface area contributed by atoms with Gasteiger partial charge in [-0.2, -0.15) is 4.31 Å². The van der Waals surface area contributed by atoms with Crippen molar-refractivity contribution in [1.82, 2.24) is 9.29 Å². The lowest BCUT2D eigenvalue weighted by Crippen LogP contribution is -2.37. The predicted octanol–water partition coefficient (Wildman–Crippen LogP) is 1.33. The zero-order valence-electron chi connectivity index (χ0n) is 12.7. The zero-order valence-corrected chi connectivity index (χ0v) is 13.5. The van der Waals surface area contributed by atoms with Crippen molar-refractivity contribution in [3.05, 3.63) is 24.1 Å². The number of sulfonamides is 1. The average Bonchev–Trinajstić information content (AvgIpc) is 3.21. The first-order chi connectivity index (χ1) is 11.0. The molecular weight excluding hydrogens is 323 g/mol. The highest BCUT2D eigenvalue weighted by Gasteiger charge is 2.51. The number of pyridine rings is 1. The molecule has 3 fully saturated rings. The molecular formula is C15H19FN2O4S. The van der Waals surface area contributed by atoms with E-state index in [4.69, 9.17) is 9.47 Å². The lowest BCUT2D eigenvalue weighted by molar-refractivity contribution is 0.0141. The third-order valence-electron chi connectivity index (χ3n) is 4.76. The van der Waals surface area contributed by atoms with Gasteiger partial charge in [0.1, 0.15) is 6.10 Å². The van der Waals surface area contributed by atoms with E-state index in [9.17, 15) is 12.8 Å². The third-order valence-corrected chi connectivity index (χ3v) is 7.11. The SMILES string of the molecule is O=S(=O)(C1CC1)N1CC[C@]2(C[C@H](Oc3ncccc3F)CO2)C1. The van der Waals surface area contributed by atoms with Crippen LogP contribution in [-0.4, -0.2) is 54.4 Å². The molecule has 8 heteroatoms. The van der Waals surface area contributed by atoms with Gasteiger partial charge in [0.15, 0.2) is 5.82 Å². The minimum Gasteiger partial charge on any atom is -0.470 e. The molecule has 1 aromatic heterocycles. The Morgan fingerprint density at radius 3 is 3.00 bits per heavy atom. The first-order valence-electron chi connectivity index (χ1n) is 7.89. The van der Waals surface area contributed by atoms with Crippen molar-refractivity contribution in [1.29, 1.82) is 0 Å². The number of halogens is 1. The van der Waals surface area contributed by atoms with Crippen LogP contribution in [0.1, 0.15) is 25.7 Å². The van der Waals surface area contributed by atoms with Crippen molar-refractivity contribution in [2.45, 2.75) is 42.6 Å². The van der Waals surface area contributed by atoms with E-state index in [0.717, 1.165) is 12.8 Å². The molecule has 1 aliphatic carbocycles. The van der Waals surface area contributed by atoms with Crippen LogP contribution in [0, 0.1) is 5.82 Å². The summed E-state index contributed by atoms with van der Waals surface area (Å²) < 4.78 is 51.3. The summed E-state index contributed by atoms with van der Waals surface area (Å²) in [5.41, 5.74) is -0.502. The van der Waals surface area contributed by atoms with Gasteiger partial charge in [0.2, 0.25) is 10.0 Å². The number of nitrogens with zero attached hydrogens (tertiary/aromatic N) is 2. The summed E-state index contributed by atoms with van der Waals surface area (Å²) in [5, 5.41) is -0.200. The number of hydrogen-bond acceptors (Lipinski definition) is 5. The normalized spacial score (nSPS) is 31.8. The summed E-state index contributed by atoms with van der Waals surface area (Å²) in [6.45, 7) is 1.19. The van der Waals surface area contributed by atoms with E-state index in [1.165, 1.54) is 18.3 Å². The molecule has 0 unspecified atom stereocenters. The molecule has 2 aliphatic heterocycles. The Morgan fingerprint density at radius 1 is 1.43 bits per heavy atom. The number of rotatable bonds is 4. The molecule has 0 radical (unpaired) electrons. The van der Waals surface area contributed by atoms with Gasteiger partial charge in [-0.05, 0) is 31.4 Å². The van der Waals surface area contributed by atoms with Crippen LogP contribution < -0.4 is 4.74 Å². The fourth-order valence-corrected chi connectivity index (χ4v) is 5.29. The van der Waals surface area contributed by atoms with E-state index in [1.807, 2.05) is 0 Å². The summed E-state index contributed by atoms with van der Waals surface area (Å²) in [7, 11) is -3.17. The van der Waals surface area contributed by atoms with E-state index in [0.29, 0.717) is 32.5 Å². The van der Waals surface area contributed by atoms with Crippen LogP contribution in [0.4, 0.5) is 4.39 Å². The maximum atomic E-state index is 13.6. The van der Waals surface area contributed by atoms with Gasteiger partial charge >= 0.3 is 0 Å². The first kappa shape index (κ1) is 15.3. The molecule has 0 N–H and O–H groups in total. The standard InChI is InChI=1S/C15H19FN2O4S/c16-13-2-1-6-17-14(13)22-11-8-15(21-9-11)5-7-18(10-15)23(19,20)12-3-4-12/h1-2,6,11-12H,3-5,7-10H2/t11-,15-/m0/s1. The first-order valence-corrected chi connectivity index (χ1v) is 9.39. The van der Waals surface area contributed by atoms with Gasteiger partial charge in [-0.1, -0.05) is 0 Å². The second-order valence-corrected chi connectivity index (χ2v) is 8.77. The van der Waals surface area contributed by atoms with Gasteiger partial charge in [0, 0.05) is 25.7 Å². The topological polar surface area (TPSA) is 68.7 Å². The van der Waals surface area contributed by atoms with Crippen molar-refractivity contribution in [3.63, 3.8) is 0 Å². The quantitative estimate of drug-likeness (QED) is 0.826. The molecule has 6 nitrogen and oxygen atoms in total. The second-order valence-electron chi connectivity index (χ2n) is 6.56. The Kier molecular flexibility index (Phi) is 3.58. The van der Waals surface area contributed by atoms with Crippen LogP contribution in [0.15, 0.2) is 18.3 Å². The summed E-state index contributed by atoms with van der Waals surface area (Å²) in [5.74, 6) is -0.531. The van der Waals surface area contributed by atoms with Crippen molar-refractivity contribution < 1.29 is 22.3 Å². The highest BCUT2D eigenvalue weighted by Crippen LogP contribution is 2.40. The highest BCUT2D eigenvalue weighted by molar-refractivity contribution is 7.90. The Hall–Kier alpha value is -1.25. The second kappa shape index (κ2) is 5.39. The molecule has 4 rings (SSSR count). The maximum absolute atomic E-state index is 13.6. The molecule has 1 spiro atoms. The zero-order chi connectivity index (χ0) is 16.1. The molecule has 0 bridgehead atoms. The van der Waals surface area contributed by atoms with Crippen molar-refractivity contribution in [2.24, 2.45) is 0 Å². The average molecular weight is 342 g/mol. The number of ether oxygens (including phenoxy) is 2. The Labute approximate surface area is 134 Å². The Bertz CT molecular complexity index is 709. The molecule has 3 aliphatic rings. The summed E-state index contributed by atoms with van der Waals surface area (Å²) in [4.78, 5) is 3.88. The largest absolute Gasteiger partial charge is 0.470 e. The molecule has 0 aromatic carbocycles. The van der Waals surface area contributed by atoms with Gasteiger partial charge in [-0.15, -0.1) is 0 Å². The number of hydrogen-bond donors (Lipinski definition) is 0. The van der Waals surface area contributed by atoms with Crippen LogP contribution in [0.5, 0.6) is 5.88 Å². The van der Waals surface area contributed by atoms with Crippen molar-refractivity contribution in [2.75, 3.05) is 19.7 Å². The predicted molar refractivity (Wildman–Crippen MR) is 80.0 cm³/mol. The van der Waals surface area contributed by atoms with Crippen LogP contribution in [0.3, 0.4) is 0 Å².